The van der Waals surface area contributed by atoms with Crippen LogP contribution in [0.5, 0.6) is 11.5 Å². The zero-order valence-electron chi connectivity index (χ0n) is 23.9. The Morgan fingerprint density at radius 3 is 1.77 bits per heavy atom. The molecule has 0 saturated carbocycles. The summed E-state index contributed by atoms with van der Waals surface area (Å²) < 4.78 is 9.08. The van der Waals surface area contributed by atoms with Gasteiger partial charge in [-0.3, -0.25) is 0 Å². The molecule has 0 saturated heterocycles. The number of ether oxygens (including phenoxy) is 1. The molecule has 44 heavy (non-hydrogen) atoms. The number of hydrogen-bond acceptors (Lipinski definition) is 1. The first kappa shape index (κ1) is 24.7. The normalized spacial score (nSPS) is 11.8. The third kappa shape index (κ3) is 3.89. The summed E-state index contributed by atoms with van der Waals surface area (Å²) in [5.41, 5.74) is 12.8. The molecular formula is C42H27NO. The third-order valence-corrected chi connectivity index (χ3v) is 8.82. The lowest BCUT2D eigenvalue weighted by Crippen LogP contribution is -1.95. The van der Waals surface area contributed by atoms with E-state index in [1.165, 1.54) is 49.7 Å². The second-order valence-electron chi connectivity index (χ2n) is 11.4. The fourth-order valence-corrected chi connectivity index (χ4v) is 6.73. The molecule has 0 fully saturated rings. The molecule has 2 heterocycles. The second kappa shape index (κ2) is 9.86. The number of hydrogen-bond donors (Lipinski definition) is 0. The van der Waals surface area contributed by atoms with Gasteiger partial charge in [-0.15, -0.1) is 0 Å². The largest absolute Gasteiger partial charge is 0.456 e. The number of fused-ring (bicyclic) bond motifs is 8. The maximum absolute atomic E-state index is 6.71. The highest BCUT2D eigenvalue weighted by atomic mass is 16.5. The number of benzene rings is 7. The van der Waals surface area contributed by atoms with Gasteiger partial charge >= 0.3 is 0 Å². The zero-order valence-corrected chi connectivity index (χ0v) is 23.9. The van der Waals surface area contributed by atoms with Gasteiger partial charge in [0.1, 0.15) is 11.5 Å². The molecule has 0 radical (unpaired) electrons. The lowest BCUT2D eigenvalue weighted by molar-refractivity contribution is 0.488. The average molecular weight is 562 g/mol. The van der Waals surface area contributed by atoms with Gasteiger partial charge < -0.3 is 9.30 Å². The topological polar surface area (TPSA) is 14.2 Å². The molecule has 7 aromatic carbocycles. The zero-order chi connectivity index (χ0) is 29.0. The van der Waals surface area contributed by atoms with Crippen molar-refractivity contribution in [2.45, 2.75) is 0 Å². The molecule has 9 rings (SSSR count). The van der Waals surface area contributed by atoms with Gasteiger partial charge in [0.25, 0.3) is 0 Å². The molecule has 1 aromatic heterocycles. The van der Waals surface area contributed by atoms with E-state index in [4.69, 9.17) is 4.74 Å². The van der Waals surface area contributed by atoms with Gasteiger partial charge in [-0.2, -0.15) is 0 Å². The third-order valence-electron chi connectivity index (χ3n) is 8.82. The smallest absolute Gasteiger partial charge is 0.137 e. The van der Waals surface area contributed by atoms with Crippen molar-refractivity contribution in [2.24, 2.45) is 0 Å². The molecule has 1 aliphatic heterocycles. The number of para-hydroxylation sites is 2. The Labute approximate surface area is 256 Å². The summed E-state index contributed by atoms with van der Waals surface area (Å²) in [6, 6.07) is 58.4. The van der Waals surface area contributed by atoms with Crippen LogP contribution in [0.15, 0.2) is 164 Å². The molecule has 2 heteroatoms. The first-order valence-corrected chi connectivity index (χ1v) is 15.0. The summed E-state index contributed by atoms with van der Waals surface area (Å²) in [4.78, 5) is 0. The van der Waals surface area contributed by atoms with Crippen LogP contribution in [0.4, 0.5) is 0 Å². The van der Waals surface area contributed by atoms with E-state index in [0.717, 1.165) is 33.8 Å². The van der Waals surface area contributed by atoms with Gasteiger partial charge in [0.15, 0.2) is 0 Å². The Morgan fingerprint density at radius 2 is 0.955 bits per heavy atom. The van der Waals surface area contributed by atoms with Crippen molar-refractivity contribution >= 4 is 21.8 Å². The van der Waals surface area contributed by atoms with Crippen LogP contribution < -0.4 is 4.74 Å². The van der Waals surface area contributed by atoms with Crippen LogP contribution in [0.25, 0.3) is 72.0 Å². The van der Waals surface area contributed by atoms with Crippen LogP contribution in [0.2, 0.25) is 0 Å². The van der Waals surface area contributed by atoms with E-state index in [0.29, 0.717) is 0 Å². The monoisotopic (exact) mass is 561 g/mol. The minimum atomic E-state index is 0.867. The summed E-state index contributed by atoms with van der Waals surface area (Å²) >= 11 is 0. The number of nitrogens with zero attached hydrogens (tertiary/aromatic N) is 1. The van der Waals surface area contributed by atoms with Gasteiger partial charge in [-0.1, -0.05) is 127 Å². The summed E-state index contributed by atoms with van der Waals surface area (Å²) in [5.74, 6) is 1.74. The molecule has 0 unspecified atom stereocenters. The van der Waals surface area contributed by atoms with Gasteiger partial charge in [0, 0.05) is 33.7 Å². The highest BCUT2D eigenvalue weighted by molar-refractivity contribution is 6.12. The van der Waals surface area contributed by atoms with Crippen LogP contribution in [0.1, 0.15) is 0 Å². The van der Waals surface area contributed by atoms with Crippen molar-refractivity contribution in [3.05, 3.63) is 164 Å². The molecule has 0 amide bonds. The van der Waals surface area contributed by atoms with Crippen LogP contribution in [-0.4, -0.2) is 4.57 Å². The standard InChI is InChI=1S/C42H27NO/c1-2-11-28(12-3-1)29-21-23-30(24-22-29)31-13-10-14-32(25-31)43-39-19-8-6-17-35(39)37-26-38-34-16-5-4-15-33(34)36-18-7-9-20-41(36)44-42(38)27-40(37)43/h1-27H. The van der Waals surface area contributed by atoms with Crippen LogP contribution >= 0.6 is 0 Å². The molecule has 0 N–H and O–H groups in total. The molecule has 0 atom stereocenters. The van der Waals surface area contributed by atoms with E-state index in [-0.39, 0.29) is 0 Å². The molecule has 0 spiro atoms. The van der Waals surface area contributed by atoms with Gasteiger partial charge in [0.05, 0.1) is 11.0 Å². The molecule has 1 aliphatic rings. The van der Waals surface area contributed by atoms with E-state index in [1.54, 1.807) is 0 Å². The maximum Gasteiger partial charge on any atom is 0.137 e. The molecule has 2 nitrogen and oxygen atoms in total. The van der Waals surface area contributed by atoms with Crippen molar-refractivity contribution < 1.29 is 4.74 Å². The molecular weight excluding hydrogens is 534 g/mol. The van der Waals surface area contributed by atoms with Gasteiger partial charge in [0.2, 0.25) is 0 Å². The Hall–Kier alpha value is -5.86. The minimum Gasteiger partial charge on any atom is -0.456 e. The van der Waals surface area contributed by atoms with Crippen LogP contribution in [-0.2, 0) is 0 Å². The van der Waals surface area contributed by atoms with Gasteiger partial charge in [-0.05, 0) is 63.7 Å². The number of aromatic nitrogens is 1. The van der Waals surface area contributed by atoms with E-state index in [1.807, 2.05) is 6.07 Å². The lowest BCUT2D eigenvalue weighted by atomic mass is 9.94. The molecule has 0 bridgehead atoms. The Kier molecular flexibility index (Phi) is 5.54. The fraction of sp³-hybridized carbons (Fsp3) is 0. The highest BCUT2D eigenvalue weighted by Gasteiger charge is 2.23. The Bertz CT molecular complexity index is 2350. The fourth-order valence-electron chi connectivity index (χ4n) is 6.73. The maximum atomic E-state index is 6.71. The van der Waals surface area contributed by atoms with Crippen molar-refractivity contribution in [1.29, 1.82) is 0 Å². The molecule has 8 aromatic rings. The Morgan fingerprint density at radius 1 is 0.341 bits per heavy atom. The predicted octanol–water partition coefficient (Wildman–Crippen LogP) is 11.6. The summed E-state index contributed by atoms with van der Waals surface area (Å²) in [6.45, 7) is 0. The highest BCUT2D eigenvalue weighted by Crippen LogP contribution is 2.49. The van der Waals surface area contributed by atoms with Crippen LogP contribution in [0.3, 0.4) is 0 Å². The first-order valence-electron chi connectivity index (χ1n) is 15.0. The average Bonchev–Trinajstić information content (AvgIpc) is 3.34. The van der Waals surface area contributed by atoms with E-state index in [9.17, 15) is 0 Å². The molecule has 0 aliphatic carbocycles. The van der Waals surface area contributed by atoms with Crippen LogP contribution in [0, 0.1) is 0 Å². The molecule has 206 valence electrons. The summed E-state index contributed by atoms with van der Waals surface area (Å²) in [5, 5.41) is 2.43. The number of rotatable bonds is 3. The SMILES string of the molecule is c1ccc(-c2ccc(-c3cccc(-n4c5ccccc5c5cc6c(cc54)Oc4ccccc4-c4ccccc4-6)c3)cc2)cc1. The Balaban J connectivity index is 1.23. The van der Waals surface area contributed by atoms with Crippen molar-refractivity contribution in [3.8, 4) is 61.7 Å². The lowest BCUT2D eigenvalue weighted by Gasteiger charge is -2.13. The van der Waals surface area contributed by atoms with Gasteiger partial charge in [-0.25, -0.2) is 0 Å². The first-order chi connectivity index (χ1) is 21.8. The van der Waals surface area contributed by atoms with Crippen molar-refractivity contribution in [1.82, 2.24) is 4.57 Å². The summed E-state index contributed by atoms with van der Waals surface area (Å²) in [7, 11) is 0. The second-order valence-corrected chi connectivity index (χ2v) is 11.4. The summed E-state index contributed by atoms with van der Waals surface area (Å²) in [6.07, 6.45) is 0. The van der Waals surface area contributed by atoms with E-state index < -0.39 is 0 Å². The van der Waals surface area contributed by atoms with Crippen molar-refractivity contribution in [3.63, 3.8) is 0 Å². The van der Waals surface area contributed by atoms with E-state index in [2.05, 4.69) is 162 Å². The van der Waals surface area contributed by atoms with E-state index >= 15 is 0 Å². The van der Waals surface area contributed by atoms with Crippen molar-refractivity contribution in [2.75, 3.05) is 0 Å². The minimum absolute atomic E-state index is 0.867. The quantitative estimate of drug-likeness (QED) is 0.209. The predicted molar refractivity (Wildman–Crippen MR) is 183 cm³/mol.